The van der Waals surface area contributed by atoms with Gasteiger partial charge in [-0.1, -0.05) is 6.07 Å². The van der Waals surface area contributed by atoms with Gasteiger partial charge in [0.15, 0.2) is 0 Å². The van der Waals surface area contributed by atoms with E-state index in [-0.39, 0.29) is 5.91 Å². The molecule has 0 saturated heterocycles. The van der Waals surface area contributed by atoms with Gasteiger partial charge in [-0.25, -0.2) is 9.69 Å². The summed E-state index contributed by atoms with van der Waals surface area (Å²) in [6, 6.07) is 7.78. The van der Waals surface area contributed by atoms with Crippen LogP contribution in [0.15, 0.2) is 24.3 Å². The minimum absolute atomic E-state index is 0.00271. The van der Waals surface area contributed by atoms with Gasteiger partial charge in [-0.05, 0) is 38.0 Å². The van der Waals surface area contributed by atoms with Crippen LogP contribution < -0.4 is 10.2 Å². The van der Waals surface area contributed by atoms with Crippen molar-refractivity contribution in [3.63, 3.8) is 0 Å². The summed E-state index contributed by atoms with van der Waals surface area (Å²) in [5, 5.41) is 6.27. The lowest BCUT2D eigenvalue weighted by molar-refractivity contribution is -0.124. The van der Waals surface area contributed by atoms with Gasteiger partial charge in [0.1, 0.15) is 5.75 Å². The number of rotatable bonds is 6. The Hall–Kier alpha value is -2.34. The number of aromatic nitrogens is 2. The Morgan fingerprint density at radius 2 is 2.09 bits per heavy atom. The molecule has 0 bridgehead atoms. The van der Waals surface area contributed by atoms with Crippen molar-refractivity contribution in [3.05, 3.63) is 41.2 Å². The predicted octanol–water partition coefficient (Wildman–Crippen LogP) is 2.02. The molecule has 2 rings (SSSR count). The Balaban J connectivity index is 2.20. The maximum absolute atomic E-state index is 11.8. The fourth-order valence-electron chi connectivity index (χ4n) is 2.57. The molecule has 1 aromatic carbocycles. The third-order valence-corrected chi connectivity index (χ3v) is 3.69. The molecule has 6 heteroatoms. The van der Waals surface area contributed by atoms with Crippen molar-refractivity contribution in [1.82, 2.24) is 20.2 Å². The molecule has 0 aliphatic rings. The van der Waals surface area contributed by atoms with Crippen LogP contribution >= 0.6 is 0 Å². The van der Waals surface area contributed by atoms with Gasteiger partial charge in [0.2, 0.25) is 5.91 Å². The molecule has 124 valence electrons. The monoisotopic (exact) mass is 316 g/mol. The summed E-state index contributed by atoms with van der Waals surface area (Å²) in [7, 11) is 5.25. The van der Waals surface area contributed by atoms with Crippen LogP contribution in [0.2, 0.25) is 0 Å². The Labute approximate surface area is 137 Å². The molecule has 0 atom stereocenters. The second-order valence-corrected chi connectivity index (χ2v) is 5.69. The van der Waals surface area contributed by atoms with Crippen LogP contribution in [-0.2, 0) is 11.2 Å². The number of hydrogen-bond donors (Lipinski definition) is 1. The minimum atomic E-state index is 0.00271. The van der Waals surface area contributed by atoms with E-state index in [0.717, 1.165) is 28.4 Å². The highest BCUT2D eigenvalue weighted by Gasteiger charge is 2.14. The standard InChI is InChI=1S/C17H24N4O2/c1-12-16(9-10-17(22)19-20(3)4)13(2)21(18-12)14-7-6-8-15(11-14)23-5/h6-8,11H,9-10H2,1-5H3,(H,19,22). The van der Waals surface area contributed by atoms with Gasteiger partial charge in [0, 0.05) is 32.3 Å². The van der Waals surface area contributed by atoms with Crippen LogP contribution in [-0.4, -0.2) is 41.9 Å². The van der Waals surface area contributed by atoms with Gasteiger partial charge < -0.3 is 4.74 Å². The van der Waals surface area contributed by atoms with Crippen molar-refractivity contribution in [1.29, 1.82) is 0 Å². The highest BCUT2D eigenvalue weighted by molar-refractivity contribution is 5.75. The molecule has 1 heterocycles. The molecule has 1 amide bonds. The average Bonchev–Trinajstić information content (AvgIpc) is 2.79. The largest absolute Gasteiger partial charge is 0.497 e. The number of carbonyl (C=O) groups excluding carboxylic acids is 1. The molecule has 0 aliphatic heterocycles. The van der Waals surface area contributed by atoms with Gasteiger partial charge in [0.05, 0.1) is 18.5 Å². The molecule has 2 aromatic rings. The number of amides is 1. The first-order valence-corrected chi connectivity index (χ1v) is 7.58. The van der Waals surface area contributed by atoms with Gasteiger partial charge in [-0.3, -0.25) is 10.2 Å². The maximum atomic E-state index is 11.8. The van der Waals surface area contributed by atoms with Crippen LogP contribution in [0.4, 0.5) is 0 Å². The second-order valence-electron chi connectivity index (χ2n) is 5.69. The number of carbonyl (C=O) groups is 1. The lowest BCUT2D eigenvalue weighted by atomic mass is 10.1. The smallest absolute Gasteiger partial charge is 0.234 e. The molecule has 0 saturated carbocycles. The van der Waals surface area contributed by atoms with Crippen molar-refractivity contribution < 1.29 is 9.53 Å². The molecular weight excluding hydrogens is 292 g/mol. The third-order valence-electron chi connectivity index (χ3n) is 3.69. The number of nitrogens with zero attached hydrogens (tertiary/aromatic N) is 3. The van der Waals surface area contributed by atoms with E-state index in [2.05, 4.69) is 10.5 Å². The molecule has 0 unspecified atom stereocenters. The predicted molar refractivity (Wildman–Crippen MR) is 89.7 cm³/mol. The summed E-state index contributed by atoms with van der Waals surface area (Å²) in [5.41, 5.74) is 6.82. The summed E-state index contributed by atoms with van der Waals surface area (Å²) in [6.45, 7) is 4.00. The Bertz CT molecular complexity index is 692. The Morgan fingerprint density at radius 3 is 2.74 bits per heavy atom. The molecule has 1 aromatic heterocycles. The zero-order valence-corrected chi connectivity index (χ0v) is 14.4. The first-order valence-electron chi connectivity index (χ1n) is 7.58. The van der Waals surface area contributed by atoms with E-state index in [4.69, 9.17) is 4.74 Å². The Kier molecular flexibility index (Phi) is 5.39. The van der Waals surface area contributed by atoms with Crippen LogP contribution in [0.5, 0.6) is 5.75 Å². The molecule has 6 nitrogen and oxygen atoms in total. The number of hydrazine groups is 1. The van der Waals surface area contributed by atoms with Gasteiger partial charge >= 0.3 is 0 Å². The van der Waals surface area contributed by atoms with Gasteiger partial charge in [-0.15, -0.1) is 0 Å². The maximum Gasteiger partial charge on any atom is 0.234 e. The molecule has 0 aliphatic carbocycles. The van der Waals surface area contributed by atoms with Gasteiger partial charge in [0.25, 0.3) is 0 Å². The van der Waals surface area contributed by atoms with E-state index in [1.807, 2.05) is 42.8 Å². The highest BCUT2D eigenvalue weighted by atomic mass is 16.5. The molecule has 0 fully saturated rings. The molecule has 0 radical (unpaired) electrons. The molecule has 1 N–H and O–H groups in total. The normalized spacial score (nSPS) is 10.9. The SMILES string of the molecule is COc1cccc(-n2nc(C)c(CCC(=O)NN(C)C)c2C)c1. The number of ether oxygens (including phenoxy) is 1. The van der Waals surface area contributed by atoms with Crippen LogP contribution in [0.25, 0.3) is 5.69 Å². The zero-order valence-electron chi connectivity index (χ0n) is 14.4. The highest BCUT2D eigenvalue weighted by Crippen LogP contribution is 2.22. The van der Waals surface area contributed by atoms with Gasteiger partial charge in [-0.2, -0.15) is 5.10 Å². The topological polar surface area (TPSA) is 59.4 Å². The van der Waals surface area contributed by atoms with E-state index in [1.165, 1.54) is 0 Å². The van der Waals surface area contributed by atoms with E-state index in [9.17, 15) is 4.79 Å². The number of aryl methyl sites for hydroxylation is 1. The Morgan fingerprint density at radius 1 is 1.35 bits per heavy atom. The number of hydrogen-bond acceptors (Lipinski definition) is 4. The van der Waals surface area contributed by atoms with E-state index in [1.54, 1.807) is 26.2 Å². The van der Waals surface area contributed by atoms with E-state index >= 15 is 0 Å². The fourth-order valence-corrected chi connectivity index (χ4v) is 2.57. The number of benzene rings is 1. The number of methoxy groups -OCH3 is 1. The lowest BCUT2D eigenvalue weighted by Gasteiger charge is -2.11. The summed E-state index contributed by atoms with van der Waals surface area (Å²) in [6.07, 6.45) is 1.10. The summed E-state index contributed by atoms with van der Waals surface area (Å²) < 4.78 is 7.17. The molecule has 23 heavy (non-hydrogen) atoms. The first kappa shape index (κ1) is 17.0. The van der Waals surface area contributed by atoms with Crippen LogP contribution in [0, 0.1) is 13.8 Å². The quantitative estimate of drug-likeness (QED) is 0.828. The molecule has 0 spiro atoms. The average molecular weight is 316 g/mol. The minimum Gasteiger partial charge on any atom is -0.497 e. The van der Waals surface area contributed by atoms with Crippen molar-refractivity contribution in [2.75, 3.05) is 21.2 Å². The second kappa shape index (κ2) is 7.28. The fraction of sp³-hybridized carbons (Fsp3) is 0.412. The van der Waals surface area contributed by atoms with E-state index < -0.39 is 0 Å². The zero-order chi connectivity index (χ0) is 17.0. The summed E-state index contributed by atoms with van der Waals surface area (Å²) in [5.74, 6) is 0.796. The first-order chi connectivity index (χ1) is 10.9. The lowest BCUT2D eigenvalue weighted by Crippen LogP contribution is -2.36. The van der Waals surface area contributed by atoms with Crippen molar-refractivity contribution in [2.24, 2.45) is 0 Å². The molecular formula is C17H24N4O2. The van der Waals surface area contributed by atoms with Crippen LogP contribution in [0.1, 0.15) is 23.4 Å². The van der Waals surface area contributed by atoms with Crippen molar-refractivity contribution >= 4 is 5.91 Å². The summed E-state index contributed by atoms with van der Waals surface area (Å²) in [4.78, 5) is 11.8. The summed E-state index contributed by atoms with van der Waals surface area (Å²) >= 11 is 0. The number of nitrogens with one attached hydrogen (secondary N) is 1. The third kappa shape index (κ3) is 4.10. The van der Waals surface area contributed by atoms with Crippen molar-refractivity contribution in [2.45, 2.75) is 26.7 Å². The van der Waals surface area contributed by atoms with Crippen LogP contribution in [0.3, 0.4) is 0 Å². The van der Waals surface area contributed by atoms with Crippen molar-refractivity contribution in [3.8, 4) is 11.4 Å². The van der Waals surface area contributed by atoms with E-state index in [0.29, 0.717) is 12.8 Å².